The van der Waals surface area contributed by atoms with Crippen molar-refractivity contribution in [2.24, 2.45) is 17.3 Å². The second-order valence-electron chi connectivity index (χ2n) is 5.21. The Morgan fingerprint density at radius 2 is 1.65 bits per heavy atom. The predicted molar refractivity (Wildman–Crippen MR) is 71.6 cm³/mol. The van der Waals surface area contributed by atoms with Gasteiger partial charge >= 0.3 is 11.9 Å². The number of hydrogen-bond donors (Lipinski definition) is 0. The van der Waals surface area contributed by atoms with Crippen LogP contribution in [0.1, 0.15) is 12.8 Å². The van der Waals surface area contributed by atoms with E-state index in [1.54, 1.807) is 20.2 Å². The van der Waals surface area contributed by atoms with E-state index < -0.39 is 23.3 Å². The van der Waals surface area contributed by atoms with Crippen molar-refractivity contribution in [3.63, 3.8) is 0 Å². The van der Waals surface area contributed by atoms with Gasteiger partial charge in [-0.25, -0.2) is 0 Å². The Hall–Kier alpha value is -1.85. The molecule has 1 fully saturated rings. The molecule has 1 aliphatic rings. The van der Waals surface area contributed by atoms with Gasteiger partial charge in [0.25, 0.3) is 0 Å². The summed E-state index contributed by atoms with van der Waals surface area (Å²) >= 11 is 0. The molecule has 2 atom stereocenters. The molecule has 6 nitrogen and oxygen atoms in total. The number of nitrogens with zero attached hydrogens (tertiary/aromatic N) is 1. The van der Waals surface area contributed by atoms with Gasteiger partial charge < -0.3 is 14.4 Å². The molecule has 0 aliphatic heterocycles. The number of rotatable bonds is 4. The summed E-state index contributed by atoms with van der Waals surface area (Å²) < 4.78 is 9.49. The topological polar surface area (TPSA) is 72.9 Å². The first-order chi connectivity index (χ1) is 9.33. The van der Waals surface area contributed by atoms with E-state index in [1.807, 2.05) is 0 Å². The molecule has 20 heavy (non-hydrogen) atoms. The van der Waals surface area contributed by atoms with Crippen LogP contribution >= 0.6 is 0 Å². The number of hydrogen-bond acceptors (Lipinski definition) is 5. The summed E-state index contributed by atoms with van der Waals surface area (Å²) in [6.07, 6.45) is 1.87. The van der Waals surface area contributed by atoms with Crippen LogP contribution in [0, 0.1) is 17.3 Å². The third kappa shape index (κ3) is 2.55. The molecule has 0 aromatic heterocycles. The third-order valence-electron chi connectivity index (χ3n) is 3.88. The van der Waals surface area contributed by atoms with Gasteiger partial charge in [-0.1, -0.05) is 6.08 Å². The van der Waals surface area contributed by atoms with Crippen molar-refractivity contribution in [3.05, 3.63) is 12.7 Å². The first kappa shape index (κ1) is 16.2. The largest absolute Gasteiger partial charge is 0.468 e. The summed E-state index contributed by atoms with van der Waals surface area (Å²) in [5.41, 5.74) is -1.42. The van der Waals surface area contributed by atoms with Gasteiger partial charge in [0.2, 0.25) is 5.91 Å². The van der Waals surface area contributed by atoms with E-state index in [4.69, 9.17) is 9.47 Å². The molecule has 0 radical (unpaired) electrons. The van der Waals surface area contributed by atoms with Crippen LogP contribution in [-0.4, -0.2) is 51.1 Å². The van der Waals surface area contributed by atoms with Gasteiger partial charge in [-0.15, -0.1) is 6.58 Å². The maximum atomic E-state index is 12.2. The summed E-state index contributed by atoms with van der Waals surface area (Å²) in [5.74, 6) is -2.19. The number of allylic oxidation sites excluding steroid dienone is 1. The average molecular weight is 283 g/mol. The lowest BCUT2D eigenvalue weighted by molar-refractivity contribution is -0.169. The molecule has 0 aromatic rings. The number of esters is 2. The fourth-order valence-corrected chi connectivity index (χ4v) is 2.81. The zero-order chi connectivity index (χ0) is 15.5. The highest BCUT2D eigenvalue weighted by Gasteiger charge is 2.58. The number of amides is 1. The van der Waals surface area contributed by atoms with Crippen molar-refractivity contribution in [2.75, 3.05) is 28.3 Å². The monoisotopic (exact) mass is 283 g/mol. The minimum absolute atomic E-state index is 0.0834. The van der Waals surface area contributed by atoms with Crippen molar-refractivity contribution >= 4 is 17.8 Å². The Bertz CT molecular complexity index is 413. The van der Waals surface area contributed by atoms with Crippen LogP contribution in [0.15, 0.2) is 12.7 Å². The van der Waals surface area contributed by atoms with E-state index in [0.29, 0.717) is 0 Å². The molecule has 6 heteroatoms. The van der Waals surface area contributed by atoms with E-state index in [1.165, 1.54) is 19.1 Å². The van der Waals surface area contributed by atoms with E-state index >= 15 is 0 Å². The van der Waals surface area contributed by atoms with Crippen LogP contribution in [-0.2, 0) is 23.9 Å². The maximum absolute atomic E-state index is 12.2. The molecule has 112 valence electrons. The van der Waals surface area contributed by atoms with Crippen LogP contribution in [0.25, 0.3) is 0 Å². The van der Waals surface area contributed by atoms with Crippen LogP contribution in [0.2, 0.25) is 0 Å². The lowest BCUT2D eigenvalue weighted by Gasteiger charge is -2.23. The highest BCUT2D eigenvalue weighted by molar-refractivity contribution is 6.01. The van der Waals surface area contributed by atoms with E-state index in [-0.39, 0.29) is 24.7 Å². The Morgan fingerprint density at radius 1 is 1.15 bits per heavy atom. The Kier molecular flexibility index (Phi) is 4.92. The molecule has 0 aromatic carbocycles. The molecule has 0 saturated heterocycles. The summed E-state index contributed by atoms with van der Waals surface area (Å²) in [5, 5.41) is 0. The minimum atomic E-state index is -1.42. The van der Waals surface area contributed by atoms with Gasteiger partial charge in [-0.2, -0.15) is 0 Å². The second-order valence-corrected chi connectivity index (χ2v) is 5.21. The number of ether oxygens (including phenoxy) is 2. The van der Waals surface area contributed by atoms with Crippen molar-refractivity contribution in [2.45, 2.75) is 12.8 Å². The van der Waals surface area contributed by atoms with Gasteiger partial charge in [0.1, 0.15) is 0 Å². The Balaban J connectivity index is 3.18. The molecule has 1 rings (SSSR count). The molecule has 1 amide bonds. The van der Waals surface area contributed by atoms with Crippen LogP contribution in [0.5, 0.6) is 0 Å². The maximum Gasteiger partial charge on any atom is 0.323 e. The highest BCUT2D eigenvalue weighted by atomic mass is 16.5. The Morgan fingerprint density at radius 3 is 2.00 bits per heavy atom. The van der Waals surface area contributed by atoms with E-state index in [0.717, 1.165) is 0 Å². The summed E-state index contributed by atoms with van der Waals surface area (Å²) in [6, 6.07) is 0. The standard InChI is InChI=1S/C14H21NO5/c1-6-9-7-14(12(17)19-4,13(18)20-5)8-10(9)11(16)15(2)3/h6,9-10H,1,7-8H2,2-5H3/t9-,10-/m1/s1. The Labute approximate surface area is 118 Å². The van der Waals surface area contributed by atoms with Crippen molar-refractivity contribution in [3.8, 4) is 0 Å². The second kappa shape index (κ2) is 6.07. The minimum Gasteiger partial charge on any atom is -0.468 e. The summed E-state index contributed by atoms with van der Waals surface area (Å²) in [4.78, 5) is 37.8. The zero-order valence-corrected chi connectivity index (χ0v) is 12.3. The SMILES string of the molecule is C=C[C@@H]1CC(C(=O)OC)(C(=O)OC)C[C@H]1C(=O)N(C)C. The van der Waals surface area contributed by atoms with Crippen molar-refractivity contribution in [1.29, 1.82) is 0 Å². The molecule has 1 saturated carbocycles. The third-order valence-corrected chi connectivity index (χ3v) is 3.88. The highest BCUT2D eigenvalue weighted by Crippen LogP contribution is 2.48. The molecule has 0 bridgehead atoms. The lowest BCUT2D eigenvalue weighted by Crippen LogP contribution is -2.40. The summed E-state index contributed by atoms with van der Waals surface area (Å²) in [6.45, 7) is 3.70. The van der Waals surface area contributed by atoms with Crippen LogP contribution in [0.4, 0.5) is 0 Å². The predicted octanol–water partition coefficient (Wildman–Crippen LogP) is 0.619. The molecule has 0 N–H and O–H groups in total. The fraction of sp³-hybridized carbons (Fsp3) is 0.643. The first-order valence-electron chi connectivity index (χ1n) is 6.34. The number of carbonyl (C=O) groups excluding carboxylic acids is 3. The molecule has 0 unspecified atom stereocenters. The van der Waals surface area contributed by atoms with Gasteiger partial charge in [0.15, 0.2) is 5.41 Å². The molecule has 0 spiro atoms. The molecular formula is C14H21NO5. The first-order valence-corrected chi connectivity index (χ1v) is 6.34. The van der Waals surface area contributed by atoms with Crippen LogP contribution < -0.4 is 0 Å². The zero-order valence-electron chi connectivity index (χ0n) is 12.3. The van der Waals surface area contributed by atoms with Crippen LogP contribution in [0.3, 0.4) is 0 Å². The quantitative estimate of drug-likeness (QED) is 0.429. The number of carbonyl (C=O) groups is 3. The van der Waals surface area contributed by atoms with E-state index in [2.05, 4.69) is 6.58 Å². The molecule has 1 aliphatic carbocycles. The van der Waals surface area contributed by atoms with Gasteiger partial charge in [-0.3, -0.25) is 14.4 Å². The van der Waals surface area contributed by atoms with Crippen molar-refractivity contribution < 1.29 is 23.9 Å². The van der Waals surface area contributed by atoms with Gasteiger partial charge in [-0.05, 0) is 18.8 Å². The molecular weight excluding hydrogens is 262 g/mol. The normalized spacial score (nSPS) is 23.8. The molecule has 0 heterocycles. The van der Waals surface area contributed by atoms with Gasteiger partial charge in [0, 0.05) is 20.0 Å². The lowest BCUT2D eigenvalue weighted by atomic mass is 9.85. The summed E-state index contributed by atoms with van der Waals surface area (Å²) in [7, 11) is 5.71. The number of methoxy groups -OCH3 is 2. The smallest absolute Gasteiger partial charge is 0.323 e. The van der Waals surface area contributed by atoms with Crippen molar-refractivity contribution in [1.82, 2.24) is 4.90 Å². The average Bonchev–Trinajstić information content (AvgIpc) is 2.85. The van der Waals surface area contributed by atoms with E-state index in [9.17, 15) is 14.4 Å². The fourth-order valence-electron chi connectivity index (χ4n) is 2.81. The van der Waals surface area contributed by atoms with Gasteiger partial charge in [0.05, 0.1) is 14.2 Å².